The Morgan fingerprint density at radius 3 is 2.55 bits per heavy atom. The lowest BCUT2D eigenvalue weighted by molar-refractivity contribution is -0.384. The normalized spacial score (nSPS) is 19.5. The number of nitro groups is 1. The number of esters is 1. The second-order valence-corrected chi connectivity index (χ2v) is 9.08. The Bertz CT molecular complexity index is 1300. The van der Waals surface area contributed by atoms with Crippen molar-refractivity contribution in [2.24, 2.45) is 0 Å². The molecular weight excluding hydrogens is 514 g/mol. The average Bonchev–Trinajstić information content (AvgIpc) is 2.94. The highest BCUT2D eigenvalue weighted by Gasteiger charge is 2.57. The molecule has 11 nitrogen and oxygen atoms in total. The third-order valence-electron chi connectivity index (χ3n) is 5.62. The molecule has 0 aromatic heterocycles. The van der Waals surface area contributed by atoms with E-state index in [-0.39, 0.29) is 31.3 Å². The van der Waals surface area contributed by atoms with Crippen LogP contribution in [0.3, 0.4) is 0 Å². The smallest absolute Gasteiger partial charge is 0.337 e. The van der Waals surface area contributed by atoms with E-state index >= 15 is 0 Å². The quantitative estimate of drug-likeness (QED) is 0.159. The highest BCUT2D eigenvalue weighted by atomic mass is 32.2. The zero-order valence-corrected chi connectivity index (χ0v) is 21.0. The van der Waals surface area contributed by atoms with Crippen LogP contribution >= 0.6 is 11.8 Å². The van der Waals surface area contributed by atoms with Gasteiger partial charge in [0.1, 0.15) is 36.1 Å². The lowest BCUT2D eigenvalue weighted by Crippen LogP contribution is -2.74. The number of ether oxygens (including phenoxy) is 3. The van der Waals surface area contributed by atoms with Gasteiger partial charge in [0.05, 0.1) is 4.92 Å². The summed E-state index contributed by atoms with van der Waals surface area (Å²) in [4.78, 5) is 50.2. The zero-order valence-electron chi connectivity index (χ0n) is 20.2. The Morgan fingerprint density at radius 1 is 1.13 bits per heavy atom. The van der Waals surface area contributed by atoms with Crippen molar-refractivity contribution in [1.29, 1.82) is 0 Å². The van der Waals surface area contributed by atoms with Gasteiger partial charge in [-0.05, 0) is 36.8 Å². The van der Waals surface area contributed by atoms with Gasteiger partial charge in [0.2, 0.25) is 5.91 Å². The molecule has 0 spiro atoms. The Balaban J connectivity index is 1.41. The maximum absolute atomic E-state index is 13.1. The number of non-ortho nitro benzene ring substituents is 1. The van der Waals surface area contributed by atoms with Crippen molar-refractivity contribution in [3.05, 3.63) is 81.4 Å². The summed E-state index contributed by atoms with van der Waals surface area (Å²) in [5, 5.41) is 14.6. The molecule has 0 aliphatic carbocycles. The molecule has 3 atom stereocenters. The molecule has 1 fully saturated rings. The SMILES string of the molecule is CC#CCOC1=CS[C@@H]2[C@H](NC(=O)COc3ccccc3)C(=O)N2[C@H]1C(=O)OCc1ccc([N+](=O)[O-])cc1. The highest BCUT2D eigenvalue weighted by molar-refractivity contribution is 8.02. The number of carbonyl (C=O) groups is 3. The number of rotatable bonds is 10. The van der Waals surface area contributed by atoms with Crippen molar-refractivity contribution in [3.63, 3.8) is 0 Å². The van der Waals surface area contributed by atoms with Crippen LogP contribution in [0, 0.1) is 22.0 Å². The summed E-state index contributed by atoms with van der Waals surface area (Å²) >= 11 is 1.23. The zero-order chi connectivity index (χ0) is 27.1. The number of amides is 2. The predicted octanol–water partition coefficient (Wildman–Crippen LogP) is 2.37. The molecule has 2 aliphatic rings. The van der Waals surface area contributed by atoms with Crippen LogP contribution in [0.2, 0.25) is 0 Å². The molecule has 0 radical (unpaired) electrons. The summed E-state index contributed by atoms with van der Waals surface area (Å²) in [6.07, 6.45) is 0. The number of β-lactam (4-membered cyclic amide) rings is 1. The molecule has 2 aromatic carbocycles. The van der Waals surface area contributed by atoms with Gasteiger partial charge in [-0.15, -0.1) is 17.7 Å². The maximum Gasteiger partial charge on any atom is 0.337 e. The number of carbonyl (C=O) groups excluding carboxylic acids is 3. The number of para-hydroxylation sites is 1. The molecule has 0 saturated carbocycles. The minimum atomic E-state index is -1.17. The van der Waals surface area contributed by atoms with Crippen molar-refractivity contribution >= 4 is 35.2 Å². The van der Waals surface area contributed by atoms with Crippen molar-refractivity contribution in [2.45, 2.75) is 31.0 Å². The summed E-state index contributed by atoms with van der Waals surface area (Å²) in [5.74, 6) is 4.47. The Labute approximate surface area is 222 Å². The number of hydrogen-bond acceptors (Lipinski definition) is 9. The van der Waals surface area contributed by atoms with E-state index in [1.54, 1.807) is 36.6 Å². The monoisotopic (exact) mass is 537 g/mol. The first-order valence-corrected chi connectivity index (χ1v) is 12.4. The average molecular weight is 538 g/mol. The van der Waals surface area contributed by atoms with E-state index in [0.717, 1.165) is 0 Å². The van der Waals surface area contributed by atoms with Gasteiger partial charge in [0, 0.05) is 17.5 Å². The van der Waals surface area contributed by atoms with E-state index in [9.17, 15) is 24.5 Å². The maximum atomic E-state index is 13.1. The molecular formula is C26H23N3O8S. The van der Waals surface area contributed by atoms with Crippen LogP contribution in [-0.2, 0) is 30.5 Å². The topological polar surface area (TPSA) is 137 Å². The van der Waals surface area contributed by atoms with E-state index in [4.69, 9.17) is 14.2 Å². The van der Waals surface area contributed by atoms with Crippen LogP contribution in [0.5, 0.6) is 5.75 Å². The number of thioether (sulfide) groups is 1. The number of nitrogens with zero attached hydrogens (tertiary/aromatic N) is 2. The third kappa shape index (κ3) is 6.07. The van der Waals surface area contributed by atoms with Crippen molar-refractivity contribution < 1.29 is 33.5 Å². The Kier molecular flexibility index (Phi) is 8.50. The second kappa shape index (κ2) is 12.2. The minimum Gasteiger partial charge on any atom is -0.484 e. The fraction of sp³-hybridized carbons (Fsp3) is 0.269. The van der Waals surface area contributed by atoms with Gasteiger partial charge in [-0.2, -0.15) is 0 Å². The first-order chi connectivity index (χ1) is 18.4. The van der Waals surface area contributed by atoms with Crippen molar-refractivity contribution in [2.75, 3.05) is 13.2 Å². The predicted molar refractivity (Wildman–Crippen MR) is 136 cm³/mol. The molecule has 2 amide bonds. The fourth-order valence-electron chi connectivity index (χ4n) is 3.74. The molecule has 0 bridgehead atoms. The lowest BCUT2D eigenvalue weighted by atomic mass is 10.0. The second-order valence-electron chi connectivity index (χ2n) is 8.09. The highest BCUT2D eigenvalue weighted by Crippen LogP contribution is 2.40. The van der Waals surface area contributed by atoms with Gasteiger partial charge >= 0.3 is 5.97 Å². The summed E-state index contributed by atoms with van der Waals surface area (Å²) in [5.41, 5.74) is 0.448. The van der Waals surface area contributed by atoms with Crippen molar-refractivity contribution in [3.8, 4) is 17.6 Å². The van der Waals surface area contributed by atoms with Gasteiger partial charge < -0.3 is 24.4 Å². The minimum absolute atomic E-state index is 0.0126. The van der Waals surface area contributed by atoms with Crippen LogP contribution in [0.4, 0.5) is 5.69 Å². The molecule has 2 aromatic rings. The fourth-order valence-corrected chi connectivity index (χ4v) is 4.91. The summed E-state index contributed by atoms with van der Waals surface area (Å²) in [7, 11) is 0. The van der Waals surface area contributed by atoms with Crippen LogP contribution < -0.4 is 10.1 Å². The number of nitro benzene ring substituents is 1. The Morgan fingerprint density at radius 2 is 1.87 bits per heavy atom. The number of benzene rings is 2. The summed E-state index contributed by atoms with van der Waals surface area (Å²) in [6, 6.07) is 12.3. The molecule has 196 valence electrons. The van der Waals surface area contributed by atoms with Crippen LogP contribution in [0.25, 0.3) is 0 Å². The summed E-state index contributed by atoms with van der Waals surface area (Å²) < 4.78 is 16.5. The van der Waals surface area contributed by atoms with E-state index in [2.05, 4.69) is 17.2 Å². The van der Waals surface area contributed by atoms with Gasteiger partial charge in [0.15, 0.2) is 12.6 Å². The molecule has 4 rings (SSSR count). The van der Waals surface area contributed by atoms with Gasteiger partial charge in [-0.1, -0.05) is 24.1 Å². The molecule has 12 heteroatoms. The molecule has 1 saturated heterocycles. The van der Waals surface area contributed by atoms with Crippen molar-refractivity contribution in [1.82, 2.24) is 10.2 Å². The van der Waals surface area contributed by atoms with Crippen LogP contribution in [0.15, 0.2) is 65.8 Å². The van der Waals surface area contributed by atoms with Crippen LogP contribution in [-0.4, -0.2) is 58.3 Å². The number of fused-ring (bicyclic) bond motifs is 1. The largest absolute Gasteiger partial charge is 0.484 e. The van der Waals surface area contributed by atoms with Gasteiger partial charge in [0.25, 0.3) is 11.6 Å². The van der Waals surface area contributed by atoms with Crippen LogP contribution in [0.1, 0.15) is 12.5 Å². The van der Waals surface area contributed by atoms with E-state index < -0.39 is 40.2 Å². The van der Waals surface area contributed by atoms with E-state index in [1.165, 1.54) is 40.9 Å². The summed E-state index contributed by atoms with van der Waals surface area (Å²) in [6.45, 7) is 1.23. The van der Waals surface area contributed by atoms with Gasteiger partial charge in [-0.25, -0.2) is 4.79 Å². The molecule has 2 heterocycles. The van der Waals surface area contributed by atoms with Gasteiger partial charge in [-0.3, -0.25) is 19.7 Å². The lowest BCUT2D eigenvalue weighted by Gasteiger charge is -2.51. The van der Waals surface area contributed by atoms with E-state index in [1.807, 2.05) is 6.07 Å². The first kappa shape index (κ1) is 26.6. The number of nitrogens with one attached hydrogen (secondary N) is 1. The molecule has 0 unspecified atom stereocenters. The Hall–Kier alpha value is -4.50. The molecule has 2 aliphatic heterocycles. The standard InChI is InChI=1S/C26H23N3O8S/c1-2-3-13-35-20-16-38-25-22(27-21(30)15-36-19-7-5-4-6-8-19)24(31)28(25)23(20)26(32)37-14-17-9-11-18(12-10-17)29(33)34/h4-12,16,22-23,25H,13-15H2,1H3,(H,27,30)/t22-,23-,25-/m1/s1. The number of hydrogen-bond donors (Lipinski definition) is 1. The first-order valence-electron chi connectivity index (χ1n) is 11.5. The molecule has 1 N–H and O–H groups in total. The third-order valence-corrected chi connectivity index (χ3v) is 6.77. The molecule has 38 heavy (non-hydrogen) atoms. The van der Waals surface area contributed by atoms with E-state index in [0.29, 0.717) is 11.3 Å².